The summed E-state index contributed by atoms with van der Waals surface area (Å²) >= 11 is 0. The van der Waals surface area contributed by atoms with Gasteiger partial charge < -0.3 is 14.6 Å². The molecule has 0 radical (unpaired) electrons. The molecule has 0 aliphatic carbocycles. The van der Waals surface area contributed by atoms with Crippen molar-refractivity contribution in [2.45, 2.75) is 11.5 Å². The van der Waals surface area contributed by atoms with Crippen molar-refractivity contribution in [3.63, 3.8) is 0 Å². The number of methoxy groups -OCH3 is 2. The van der Waals surface area contributed by atoms with Gasteiger partial charge in [0.05, 0.1) is 37.6 Å². The fraction of sp³-hybridized carbons (Fsp3) is 0.250. The van der Waals surface area contributed by atoms with Crippen molar-refractivity contribution >= 4 is 15.7 Å². The lowest BCUT2D eigenvalue weighted by Crippen LogP contribution is -2.13. The van der Waals surface area contributed by atoms with E-state index >= 15 is 0 Å². The van der Waals surface area contributed by atoms with Crippen LogP contribution in [0.15, 0.2) is 29.4 Å². The van der Waals surface area contributed by atoms with E-state index in [9.17, 15) is 13.5 Å². The summed E-state index contributed by atoms with van der Waals surface area (Å²) in [5.41, 5.74) is 0.611. The summed E-state index contributed by atoms with van der Waals surface area (Å²) in [4.78, 5) is -0.0506. The molecule has 0 atom stereocenters. The molecule has 9 heteroatoms. The number of benzene rings is 1. The zero-order valence-electron chi connectivity index (χ0n) is 11.5. The number of ether oxygens (including phenoxy) is 2. The SMILES string of the molecule is COc1cc(S(=O)(=O)Nc2cn[nH]c2)cc(CO)c1OC. The average Bonchev–Trinajstić information content (AvgIpc) is 2.97. The molecule has 0 aliphatic rings. The second-order valence-corrected chi connectivity index (χ2v) is 5.75. The minimum absolute atomic E-state index is 0.0506. The highest BCUT2D eigenvalue weighted by Crippen LogP contribution is 2.34. The topological polar surface area (TPSA) is 114 Å². The number of anilines is 1. The molecule has 0 saturated carbocycles. The molecule has 21 heavy (non-hydrogen) atoms. The van der Waals surface area contributed by atoms with E-state index in [-0.39, 0.29) is 17.3 Å². The van der Waals surface area contributed by atoms with Crippen LogP contribution in [0.5, 0.6) is 11.5 Å². The normalized spacial score (nSPS) is 11.2. The van der Waals surface area contributed by atoms with Crippen LogP contribution < -0.4 is 14.2 Å². The predicted molar refractivity (Wildman–Crippen MR) is 74.9 cm³/mol. The maximum atomic E-state index is 12.3. The van der Waals surface area contributed by atoms with Crippen LogP contribution in [0.3, 0.4) is 0 Å². The Kier molecular flexibility index (Phi) is 4.34. The molecule has 0 aliphatic heterocycles. The Morgan fingerprint density at radius 2 is 2.10 bits per heavy atom. The third kappa shape index (κ3) is 3.09. The van der Waals surface area contributed by atoms with E-state index in [1.54, 1.807) is 0 Å². The molecule has 114 valence electrons. The highest BCUT2D eigenvalue weighted by Gasteiger charge is 2.20. The first-order valence-corrected chi connectivity index (χ1v) is 7.37. The van der Waals surface area contributed by atoms with Gasteiger partial charge in [0.15, 0.2) is 11.5 Å². The zero-order chi connectivity index (χ0) is 15.5. The second kappa shape index (κ2) is 6.02. The molecule has 0 spiro atoms. The van der Waals surface area contributed by atoms with Crippen LogP contribution in [-0.2, 0) is 16.6 Å². The number of H-pyrrole nitrogens is 1. The van der Waals surface area contributed by atoms with Crippen LogP contribution in [-0.4, -0.2) is 37.9 Å². The number of hydrogen-bond donors (Lipinski definition) is 3. The number of hydrogen-bond acceptors (Lipinski definition) is 6. The zero-order valence-corrected chi connectivity index (χ0v) is 12.3. The van der Waals surface area contributed by atoms with Gasteiger partial charge in [-0.15, -0.1) is 0 Å². The largest absolute Gasteiger partial charge is 0.493 e. The molecule has 0 unspecified atom stereocenters. The van der Waals surface area contributed by atoms with Gasteiger partial charge in [-0.25, -0.2) is 8.42 Å². The molecule has 0 amide bonds. The summed E-state index contributed by atoms with van der Waals surface area (Å²) in [6.45, 7) is -0.380. The van der Waals surface area contributed by atoms with Crippen molar-refractivity contribution < 1.29 is 23.0 Å². The van der Waals surface area contributed by atoms with E-state index in [2.05, 4.69) is 14.9 Å². The van der Waals surface area contributed by atoms with Gasteiger partial charge in [-0.2, -0.15) is 5.10 Å². The van der Waals surface area contributed by atoms with Crippen molar-refractivity contribution in [1.82, 2.24) is 10.2 Å². The van der Waals surface area contributed by atoms with E-state index in [1.165, 1.54) is 38.7 Å². The molecule has 2 aromatic rings. The first-order chi connectivity index (χ1) is 10.0. The van der Waals surface area contributed by atoms with Crippen LogP contribution in [0.1, 0.15) is 5.56 Å². The predicted octanol–water partition coefficient (Wildman–Crippen LogP) is 0.720. The van der Waals surface area contributed by atoms with Crippen LogP contribution in [0.4, 0.5) is 5.69 Å². The first kappa shape index (κ1) is 15.1. The van der Waals surface area contributed by atoms with Gasteiger partial charge in [0, 0.05) is 17.8 Å². The van der Waals surface area contributed by atoms with Gasteiger partial charge in [-0.3, -0.25) is 9.82 Å². The van der Waals surface area contributed by atoms with Crippen molar-refractivity contribution in [2.24, 2.45) is 0 Å². The van der Waals surface area contributed by atoms with E-state index in [1.807, 2.05) is 0 Å². The van der Waals surface area contributed by atoms with Crippen LogP contribution >= 0.6 is 0 Å². The number of nitrogens with zero attached hydrogens (tertiary/aromatic N) is 1. The minimum atomic E-state index is -3.83. The molecular formula is C12H15N3O5S. The fourth-order valence-corrected chi connectivity index (χ4v) is 2.91. The maximum absolute atomic E-state index is 12.3. The summed E-state index contributed by atoms with van der Waals surface area (Å²) in [7, 11) is -1.03. The number of aromatic amines is 1. The summed E-state index contributed by atoms with van der Waals surface area (Å²) < 4.78 is 37.2. The molecule has 1 heterocycles. The van der Waals surface area contributed by atoms with Gasteiger partial charge in [0.1, 0.15) is 0 Å². The monoisotopic (exact) mass is 313 g/mol. The Morgan fingerprint density at radius 1 is 1.33 bits per heavy atom. The molecular weight excluding hydrogens is 298 g/mol. The van der Waals surface area contributed by atoms with Gasteiger partial charge in [0.25, 0.3) is 10.0 Å². The number of sulfonamides is 1. The number of aliphatic hydroxyl groups is 1. The highest BCUT2D eigenvalue weighted by molar-refractivity contribution is 7.92. The molecule has 0 saturated heterocycles. The number of aromatic nitrogens is 2. The molecule has 0 bridgehead atoms. The van der Waals surface area contributed by atoms with Crippen LogP contribution in [0.25, 0.3) is 0 Å². The quantitative estimate of drug-likeness (QED) is 0.724. The molecule has 0 fully saturated rings. The van der Waals surface area contributed by atoms with Crippen LogP contribution in [0, 0.1) is 0 Å². The van der Waals surface area contributed by atoms with Crippen LogP contribution in [0.2, 0.25) is 0 Å². The van der Waals surface area contributed by atoms with Gasteiger partial charge in [0.2, 0.25) is 0 Å². The lowest BCUT2D eigenvalue weighted by atomic mass is 10.2. The third-order valence-electron chi connectivity index (χ3n) is 2.76. The van der Waals surface area contributed by atoms with Crippen molar-refractivity contribution in [3.05, 3.63) is 30.1 Å². The Morgan fingerprint density at radius 3 is 2.62 bits per heavy atom. The number of aliphatic hydroxyl groups excluding tert-OH is 1. The molecule has 2 rings (SSSR count). The fourth-order valence-electron chi connectivity index (χ4n) is 1.81. The Balaban J connectivity index is 2.48. The lowest BCUT2D eigenvalue weighted by Gasteiger charge is -2.14. The van der Waals surface area contributed by atoms with Gasteiger partial charge >= 0.3 is 0 Å². The van der Waals surface area contributed by atoms with Crippen molar-refractivity contribution in [1.29, 1.82) is 0 Å². The van der Waals surface area contributed by atoms with E-state index < -0.39 is 10.0 Å². The van der Waals surface area contributed by atoms with Gasteiger partial charge in [-0.1, -0.05) is 0 Å². The average molecular weight is 313 g/mol. The van der Waals surface area contributed by atoms with E-state index in [0.717, 1.165) is 0 Å². The minimum Gasteiger partial charge on any atom is -0.493 e. The molecule has 1 aromatic heterocycles. The Hall–Kier alpha value is -2.26. The first-order valence-electron chi connectivity index (χ1n) is 5.89. The second-order valence-electron chi connectivity index (χ2n) is 4.07. The van der Waals surface area contributed by atoms with Gasteiger partial charge in [-0.05, 0) is 6.07 Å². The van der Waals surface area contributed by atoms with Crippen molar-refractivity contribution in [2.75, 3.05) is 18.9 Å². The Labute approximate surface area is 121 Å². The summed E-state index contributed by atoms with van der Waals surface area (Å²) in [5, 5.41) is 15.5. The summed E-state index contributed by atoms with van der Waals surface area (Å²) in [6.07, 6.45) is 2.75. The molecule has 8 nitrogen and oxygen atoms in total. The number of rotatable bonds is 6. The van der Waals surface area contributed by atoms with Crippen molar-refractivity contribution in [3.8, 4) is 11.5 Å². The number of nitrogens with one attached hydrogen (secondary N) is 2. The highest BCUT2D eigenvalue weighted by atomic mass is 32.2. The summed E-state index contributed by atoms with van der Waals surface area (Å²) in [5.74, 6) is 0.513. The van der Waals surface area contributed by atoms with E-state index in [0.29, 0.717) is 17.0 Å². The lowest BCUT2D eigenvalue weighted by molar-refractivity contribution is 0.269. The van der Waals surface area contributed by atoms with E-state index in [4.69, 9.17) is 9.47 Å². The maximum Gasteiger partial charge on any atom is 0.262 e. The third-order valence-corrected chi connectivity index (χ3v) is 4.12. The summed E-state index contributed by atoms with van der Waals surface area (Å²) in [6, 6.07) is 2.64. The molecule has 3 N–H and O–H groups in total. The Bertz CT molecular complexity index is 687. The molecule has 1 aromatic carbocycles. The smallest absolute Gasteiger partial charge is 0.262 e. The standard InChI is InChI=1S/C12H15N3O5S/c1-19-11-4-10(3-8(7-16)12(11)20-2)21(17,18)15-9-5-13-14-6-9/h3-6,15-16H,7H2,1-2H3,(H,13,14).